The van der Waals surface area contributed by atoms with Crippen molar-refractivity contribution in [3.05, 3.63) is 48.0 Å². The van der Waals surface area contributed by atoms with E-state index in [0.29, 0.717) is 0 Å². The fourth-order valence-electron chi connectivity index (χ4n) is 3.36. The molecule has 2 nitrogen and oxygen atoms in total. The number of aliphatic carboxylic acids is 1. The SMILES string of the molecule is CCCCCCCC/C=C\CCCCCCC(C(=O)O)c1ccccc1.[SnH2]. The van der Waals surface area contributed by atoms with Crippen LogP contribution in [-0.4, -0.2) is 35.0 Å². The van der Waals surface area contributed by atoms with Gasteiger partial charge in [-0.25, -0.2) is 0 Å². The van der Waals surface area contributed by atoms with Crippen molar-refractivity contribution in [2.45, 2.75) is 96.3 Å². The van der Waals surface area contributed by atoms with Gasteiger partial charge in [-0.05, 0) is 37.7 Å². The molecule has 1 aromatic carbocycles. The summed E-state index contributed by atoms with van der Waals surface area (Å²) in [7, 11) is 0. The molecule has 2 radical (unpaired) electrons. The number of rotatable bonds is 16. The first-order chi connectivity index (χ1) is 12.8. The van der Waals surface area contributed by atoms with Crippen molar-refractivity contribution < 1.29 is 9.90 Å². The molecule has 1 atom stereocenters. The molecule has 152 valence electrons. The van der Waals surface area contributed by atoms with Crippen molar-refractivity contribution in [1.82, 2.24) is 0 Å². The number of benzene rings is 1. The summed E-state index contributed by atoms with van der Waals surface area (Å²) >= 11 is 0. The summed E-state index contributed by atoms with van der Waals surface area (Å²) in [6, 6.07) is 9.62. The molecule has 1 N–H and O–H groups in total. The van der Waals surface area contributed by atoms with E-state index in [1.807, 2.05) is 30.3 Å². The van der Waals surface area contributed by atoms with E-state index in [9.17, 15) is 9.90 Å². The Balaban J connectivity index is 0.00000676. The topological polar surface area (TPSA) is 37.3 Å². The van der Waals surface area contributed by atoms with Crippen LogP contribution in [-0.2, 0) is 4.79 Å². The molecule has 0 aliphatic rings. The molecular formula is C24H40O2Sn. The van der Waals surface area contributed by atoms with E-state index in [2.05, 4.69) is 19.1 Å². The first-order valence-corrected chi connectivity index (χ1v) is 10.7. The van der Waals surface area contributed by atoms with Gasteiger partial charge in [0.2, 0.25) is 0 Å². The van der Waals surface area contributed by atoms with Crippen molar-refractivity contribution in [2.75, 3.05) is 0 Å². The zero-order chi connectivity index (χ0) is 18.9. The Morgan fingerprint density at radius 3 is 1.93 bits per heavy atom. The normalized spacial score (nSPS) is 12.0. The predicted octanol–water partition coefficient (Wildman–Crippen LogP) is 6.59. The van der Waals surface area contributed by atoms with E-state index in [-0.39, 0.29) is 29.8 Å². The summed E-state index contributed by atoms with van der Waals surface area (Å²) in [6.45, 7) is 2.26. The summed E-state index contributed by atoms with van der Waals surface area (Å²) in [6.07, 6.45) is 20.5. The quantitative estimate of drug-likeness (QED) is 0.165. The molecule has 1 unspecified atom stereocenters. The van der Waals surface area contributed by atoms with Crippen LogP contribution >= 0.6 is 0 Å². The Kier molecular flexibility index (Phi) is 18.1. The summed E-state index contributed by atoms with van der Waals surface area (Å²) in [5.41, 5.74) is 0.928. The molecule has 0 spiro atoms. The van der Waals surface area contributed by atoms with Crippen LogP contribution in [0.25, 0.3) is 0 Å². The number of unbranched alkanes of at least 4 members (excludes halogenated alkanes) is 10. The van der Waals surface area contributed by atoms with Crippen molar-refractivity contribution in [3.8, 4) is 0 Å². The Bertz CT molecular complexity index is 484. The Morgan fingerprint density at radius 1 is 0.852 bits per heavy atom. The molecule has 0 fully saturated rings. The van der Waals surface area contributed by atoms with Crippen LogP contribution in [0.4, 0.5) is 0 Å². The Labute approximate surface area is 183 Å². The fraction of sp³-hybridized carbons (Fsp3) is 0.625. The maximum atomic E-state index is 11.5. The molecule has 0 heterocycles. The molecule has 0 saturated heterocycles. The van der Waals surface area contributed by atoms with Crippen LogP contribution in [0.3, 0.4) is 0 Å². The van der Waals surface area contributed by atoms with Crippen LogP contribution < -0.4 is 0 Å². The van der Waals surface area contributed by atoms with E-state index >= 15 is 0 Å². The molecule has 1 rings (SSSR count). The van der Waals surface area contributed by atoms with Crippen LogP contribution in [0.5, 0.6) is 0 Å². The van der Waals surface area contributed by atoms with Crippen molar-refractivity contribution in [1.29, 1.82) is 0 Å². The first kappa shape index (κ1) is 26.2. The predicted molar refractivity (Wildman–Crippen MR) is 120 cm³/mol. The molecule has 1 aromatic rings. The van der Waals surface area contributed by atoms with Gasteiger partial charge in [0.15, 0.2) is 0 Å². The van der Waals surface area contributed by atoms with Crippen LogP contribution in [0.2, 0.25) is 0 Å². The molecule has 0 bridgehead atoms. The van der Waals surface area contributed by atoms with E-state index in [4.69, 9.17) is 0 Å². The number of hydrogen-bond donors (Lipinski definition) is 1. The van der Waals surface area contributed by atoms with Crippen molar-refractivity contribution in [2.24, 2.45) is 0 Å². The third-order valence-electron chi connectivity index (χ3n) is 5.00. The summed E-state index contributed by atoms with van der Waals surface area (Å²) < 4.78 is 0. The van der Waals surface area contributed by atoms with Gasteiger partial charge < -0.3 is 5.11 Å². The van der Waals surface area contributed by atoms with Gasteiger partial charge in [0.05, 0.1) is 5.92 Å². The third kappa shape index (κ3) is 14.0. The van der Waals surface area contributed by atoms with Crippen LogP contribution in [0.15, 0.2) is 42.5 Å². The zero-order valence-corrected chi connectivity index (χ0v) is 21.4. The molecular weight excluding hydrogens is 439 g/mol. The average molecular weight is 479 g/mol. The van der Waals surface area contributed by atoms with E-state index < -0.39 is 5.97 Å². The minimum atomic E-state index is -0.700. The van der Waals surface area contributed by atoms with Gasteiger partial charge >= 0.3 is 29.9 Å². The fourth-order valence-corrected chi connectivity index (χ4v) is 3.36. The number of carboxylic acids is 1. The molecule has 27 heavy (non-hydrogen) atoms. The molecule has 0 aliphatic heterocycles. The van der Waals surface area contributed by atoms with Gasteiger partial charge in [0.1, 0.15) is 0 Å². The van der Waals surface area contributed by atoms with Gasteiger partial charge in [-0.15, -0.1) is 0 Å². The number of carboxylic acid groups (broad SMARTS) is 1. The van der Waals surface area contributed by atoms with Gasteiger partial charge in [-0.3, -0.25) is 4.79 Å². The van der Waals surface area contributed by atoms with Crippen LogP contribution in [0, 0.1) is 0 Å². The molecule has 0 amide bonds. The second kappa shape index (κ2) is 18.6. The van der Waals surface area contributed by atoms with E-state index in [1.54, 1.807) is 0 Å². The van der Waals surface area contributed by atoms with E-state index in [1.165, 1.54) is 57.8 Å². The zero-order valence-electron chi connectivity index (χ0n) is 17.4. The van der Waals surface area contributed by atoms with Gasteiger partial charge in [-0.2, -0.15) is 0 Å². The monoisotopic (exact) mass is 480 g/mol. The summed E-state index contributed by atoms with van der Waals surface area (Å²) in [5, 5.41) is 9.42. The third-order valence-corrected chi connectivity index (χ3v) is 5.00. The van der Waals surface area contributed by atoms with Gasteiger partial charge in [-0.1, -0.05) is 101 Å². The Morgan fingerprint density at radius 2 is 1.37 bits per heavy atom. The molecule has 0 saturated carbocycles. The molecule has 0 aromatic heterocycles. The second-order valence-corrected chi connectivity index (χ2v) is 7.32. The second-order valence-electron chi connectivity index (χ2n) is 7.32. The van der Waals surface area contributed by atoms with Gasteiger partial charge in [0, 0.05) is 0 Å². The number of hydrogen-bond acceptors (Lipinski definition) is 1. The minimum absolute atomic E-state index is 0. The average Bonchev–Trinajstić information content (AvgIpc) is 2.65. The Hall–Kier alpha value is -0.771. The maximum absolute atomic E-state index is 11.5. The molecule has 3 heteroatoms. The summed E-state index contributed by atoms with van der Waals surface area (Å²) in [4.78, 5) is 11.5. The summed E-state index contributed by atoms with van der Waals surface area (Å²) in [5.74, 6) is -1.05. The molecule has 0 aliphatic carbocycles. The van der Waals surface area contributed by atoms with Gasteiger partial charge in [0.25, 0.3) is 0 Å². The number of allylic oxidation sites excluding steroid dienone is 2. The number of carbonyl (C=O) groups is 1. The van der Waals surface area contributed by atoms with Crippen molar-refractivity contribution in [3.63, 3.8) is 0 Å². The van der Waals surface area contributed by atoms with Crippen molar-refractivity contribution >= 4 is 29.9 Å². The first-order valence-electron chi connectivity index (χ1n) is 10.7. The van der Waals surface area contributed by atoms with Crippen LogP contribution in [0.1, 0.15) is 102 Å². The standard InChI is InChI=1S/C24H38O2.Sn.2H/c1-2-3-4-5-6-7-8-9-10-11-12-13-14-18-21-23(24(25)26)22-19-16-15-17-20-22;;;/h9-10,15-17,19-20,23H,2-8,11-14,18,21H2,1H3,(H,25,26);;;/b10-9-;;;. The van der Waals surface area contributed by atoms with E-state index in [0.717, 1.165) is 31.2 Å².